The number of hydrogen-bond acceptors (Lipinski definition) is 4. The van der Waals surface area contributed by atoms with Crippen LogP contribution >= 0.6 is 6.89 Å². The molecule has 0 atom stereocenters. The van der Waals surface area contributed by atoms with Crippen LogP contribution in [-0.2, 0) is 19.1 Å². The lowest BCUT2D eigenvalue weighted by Gasteiger charge is -2.25. The van der Waals surface area contributed by atoms with Crippen molar-refractivity contribution in [1.29, 1.82) is 0 Å². The maximum atomic E-state index is 11.7. The fraction of sp³-hybridized carbons (Fsp3) is 0.824. The predicted octanol–water partition coefficient (Wildman–Crippen LogP) is 3.78. The first-order valence-electron chi connectivity index (χ1n) is 8.30. The molecule has 0 aromatic heterocycles. The van der Waals surface area contributed by atoms with Gasteiger partial charge in [0.1, 0.15) is 0 Å². The van der Waals surface area contributed by atoms with Crippen LogP contribution < -0.4 is 0 Å². The topological polar surface area (TPSA) is 52.6 Å². The van der Waals surface area contributed by atoms with Crippen LogP contribution in [0.2, 0.25) is 0 Å². The lowest BCUT2D eigenvalue weighted by Crippen LogP contribution is -2.26. The van der Waals surface area contributed by atoms with E-state index in [1.54, 1.807) is 0 Å². The fourth-order valence-electron chi connectivity index (χ4n) is 2.57. The smallest absolute Gasteiger partial charge is 0.320 e. The van der Waals surface area contributed by atoms with Crippen LogP contribution in [0.15, 0.2) is 0 Å². The number of hydrogen-bond donors (Lipinski definition) is 0. The molecule has 0 heterocycles. The SMILES string of the molecule is C=P(CCCC)(CCCC)CCCC(C(=O)OC)C(=O)OC. The van der Waals surface area contributed by atoms with Crippen molar-refractivity contribution in [3.8, 4) is 0 Å². The van der Waals surface area contributed by atoms with Crippen LogP contribution in [0.1, 0.15) is 52.4 Å². The molecule has 0 aromatic carbocycles. The van der Waals surface area contributed by atoms with E-state index in [9.17, 15) is 9.59 Å². The van der Waals surface area contributed by atoms with Gasteiger partial charge in [0.2, 0.25) is 0 Å². The molecule has 0 spiro atoms. The standard InChI is InChI=1S/C17H33O4P/c1-6-8-12-22(5,13-9-7-2)14-10-11-15(16(18)20-3)17(19)21-4/h15H,5-14H2,1-4H3. The van der Waals surface area contributed by atoms with E-state index in [1.807, 2.05) is 0 Å². The van der Waals surface area contributed by atoms with E-state index in [1.165, 1.54) is 52.2 Å². The minimum absolute atomic E-state index is 0.495. The van der Waals surface area contributed by atoms with Gasteiger partial charge in [0.25, 0.3) is 0 Å². The maximum Gasteiger partial charge on any atom is 0.320 e. The minimum Gasteiger partial charge on any atom is -0.468 e. The average Bonchev–Trinajstić information content (AvgIpc) is 2.54. The van der Waals surface area contributed by atoms with Gasteiger partial charge in [0.15, 0.2) is 5.92 Å². The predicted molar refractivity (Wildman–Crippen MR) is 95.2 cm³/mol. The van der Waals surface area contributed by atoms with E-state index in [0.29, 0.717) is 6.42 Å². The highest BCUT2D eigenvalue weighted by Crippen LogP contribution is 2.47. The minimum atomic E-state index is -1.19. The first kappa shape index (κ1) is 21.2. The molecule has 0 fully saturated rings. The molecule has 0 aromatic rings. The van der Waals surface area contributed by atoms with E-state index in [-0.39, 0.29) is 0 Å². The summed E-state index contributed by atoms with van der Waals surface area (Å²) < 4.78 is 9.40. The molecule has 0 aliphatic carbocycles. The molecular formula is C17H33O4P. The van der Waals surface area contributed by atoms with E-state index in [0.717, 1.165) is 12.6 Å². The molecule has 0 N–H and O–H groups in total. The van der Waals surface area contributed by atoms with Crippen LogP contribution in [-0.4, -0.2) is 50.9 Å². The first-order valence-corrected chi connectivity index (χ1v) is 10.8. The third kappa shape index (κ3) is 8.03. The number of esters is 2. The van der Waals surface area contributed by atoms with E-state index < -0.39 is 24.7 Å². The van der Waals surface area contributed by atoms with Crippen LogP contribution in [0.5, 0.6) is 0 Å². The molecule has 0 saturated heterocycles. The molecule has 0 bridgehead atoms. The number of carbonyl (C=O) groups is 2. The van der Waals surface area contributed by atoms with Gasteiger partial charge in [-0.1, -0.05) is 26.7 Å². The second-order valence-corrected chi connectivity index (χ2v) is 9.99. The molecular weight excluding hydrogens is 299 g/mol. The molecule has 0 unspecified atom stereocenters. The number of carbonyl (C=O) groups excluding carboxylic acids is 2. The summed E-state index contributed by atoms with van der Waals surface area (Å²) in [7, 11) is 2.61. The van der Waals surface area contributed by atoms with Gasteiger partial charge in [-0.3, -0.25) is 9.59 Å². The quantitative estimate of drug-likeness (QED) is 0.310. The van der Waals surface area contributed by atoms with Gasteiger partial charge in [-0.05, 0) is 44.2 Å². The van der Waals surface area contributed by atoms with E-state index in [4.69, 9.17) is 9.47 Å². The van der Waals surface area contributed by atoms with Crippen LogP contribution in [0, 0.1) is 5.92 Å². The summed E-state index contributed by atoms with van der Waals surface area (Å²) in [6.07, 6.45) is 14.2. The van der Waals surface area contributed by atoms with Crippen molar-refractivity contribution in [1.82, 2.24) is 0 Å². The van der Waals surface area contributed by atoms with Gasteiger partial charge in [0.05, 0.1) is 14.2 Å². The molecule has 5 heteroatoms. The van der Waals surface area contributed by atoms with Crippen molar-refractivity contribution in [2.75, 3.05) is 32.7 Å². The number of methoxy groups -OCH3 is 2. The molecule has 0 rings (SSSR count). The highest BCUT2D eigenvalue weighted by atomic mass is 31.2. The van der Waals surface area contributed by atoms with Gasteiger partial charge >= 0.3 is 11.9 Å². The Labute approximate surface area is 135 Å². The van der Waals surface area contributed by atoms with Gasteiger partial charge in [-0.15, -0.1) is 13.2 Å². The summed E-state index contributed by atoms with van der Waals surface area (Å²) >= 11 is 0. The second kappa shape index (κ2) is 11.8. The van der Waals surface area contributed by atoms with Crippen molar-refractivity contribution in [3.05, 3.63) is 0 Å². The van der Waals surface area contributed by atoms with Crippen LogP contribution in [0.3, 0.4) is 0 Å². The van der Waals surface area contributed by atoms with Crippen molar-refractivity contribution in [2.24, 2.45) is 5.92 Å². The Morgan fingerprint density at radius 2 is 1.32 bits per heavy atom. The average molecular weight is 332 g/mol. The molecule has 0 aliphatic heterocycles. The Bertz CT molecular complexity index is 351. The van der Waals surface area contributed by atoms with Crippen LogP contribution in [0.25, 0.3) is 0 Å². The number of unbranched alkanes of at least 4 members (excludes halogenated alkanes) is 2. The monoisotopic (exact) mass is 332 g/mol. The zero-order chi connectivity index (χ0) is 17.0. The fourth-order valence-corrected chi connectivity index (χ4v) is 6.07. The van der Waals surface area contributed by atoms with Gasteiger partial charge in [0, 0.05) is 0 Å². The van der Waals surface area contributed by atoms with E-state index in [2.05, 4.69) is 20.1 Å². The lowest BCUT2D eigenvalue weighted by molar-refractivity contribution is -0.159. The Kier molecular flexibility index (Phi) is 11.4. The Balaban J connectivity index is 4.58. The molecule has 0 saturated carbocycles. The zero-order valence-electron chi connectivity index (χ0n) is 14.7. The molecule has 130 valence electrons. The Morgan fingerprint density at radius 1 is 0.909 bits per heavy atom. The van der Waals surface area contributed by atoms with E-state index >= 15 is 0 Å². The van der Waals surface area contributed by atoms with Gasteiger partial charge in [-0.2, -0.15) is 0 Å². The molecule has 0 aliphatic rings. The molecule has 0 amide bonds. The summed E-state index contributed by atoms with van der Waals surface area (Å²) in [5.74, 6) is -1.79. The van der Waals surface area contributed by atoms with Crippen molar-refractivity contribution in [2.45, 2.75) is 52.4 Å². The highest BCUT2D eigenvalue weighted by molar-refractivity contribution is 7.73. The lowest BCUT2D eigenvalue weighted by atomic mass is 10.0. The number of ether oxygens (including phenoxy) is 2. The summed E-state index contributed by atoms with van der Waals surface area (Å²) in [5, 5.41) is 0. The number of rotatable bonds is 12. The third-order valence-electron chi connectivity index (χ3n) is 4.07. The zero-order valence-corrected chi connectivity index (χ0v) is 15.6. The first-order chi connectivity index (χ1) is 10.4. The maximum absolute atomic E-state index is 11.7. The van der Waals surface area contributed by atoms with Crippen molar-refractivity contribution >= 4 is 25.1 Å². The summed E-state index contributed by atoms with van der Waals surface area (Å²) in [6, 6.07) is 0. The van der Waals surface area contributed by atoms with Gasteiger partial charge in [-0.25, -0.2) is 0 Å². The normalized spacial score (nSPS) is 11.5. The second-order valence-electron chi connectivity index (χ2n) is 5.96. The largest absolute Gasteiger partial charge is 0.468 e. The third-order valence-corrected chi connectivity index (χ3v) is 7.86. The summed E-state index contributed by atoms with van der Waals surface area (Å²) in [4.78, 5) is 23.4. The van der Waals surface area contributed by atoms with Crippen LogP contribution in [0.4, 0.5) is 0 Å². The molecule has 0 radical (unpaired) electrons. The Morgan fingerprint density at radius 3 is 1.68 bits per heavy atom. The van der Waals surface area contributed by atoms with Gasteiger partial charge < -0.3 is 9.47 Å². The van der Waals surface area contributed by atoms with Crippen molar-refractivity contribution < 1.29 is 19.1 Å². The molecule has 4 nitrogen and oxygen atoms in total. The summed E-state index contributed by atoms with van der Waals surface area (Å²) in [6.45, 7) is 3.22. The summed E-state index contributed by atoms with van der Waals surface area (Å²) in [5.41, 5.74) is 0. The molecule has 22 heavy (non-hydrogen) atoms. The van der Waals surface area contributed by atoms with Crippen molar-refractivity contribution in [3.63, 3.8) is 0 Å². The Hall–Kier alpha value is -0.760. The highest BCUT2D eigenvalue weighted by Gasteiger charge is 2.28.